The summed E-state index contributed by atoms with van der Waals surface area (Å²) in [6.07, 6.45) is 3.56. The van der Waals surface area contributed by atoms with Gasteiger partial charge in [0.2, 0.25) is 5.11 Å². The number of carboxylic acid groups (broad SMARTS) is 2. The first-order valence-electron chi connectivity index (χ1n) is 16.8. The number of carbonyl (C=O) groups is 4. The lowest BCUT2D eigenvalue weighted by Gasteiger charge is -2.26. The van der Waals surface area contributed by atoms with Crippen molar-refractivity contribution in [2.75, 3.05) is 66.0 Å². The van der Waals surface area contributed by atoms with E-state index in [1.54, 1.807) is 0 Å². The van der Waals surface area contributed by atoms with E-state index in [0.29, 0.717) is 17.8 Å². The minimum Gasteiger partial charge on any atom is -0.494 e. The number of aliphatic carboxylic acids is 2. The van der Waals surface area contributed by atoms with Crippen LogP contribution in [-0.2, 0) is 19.2 Å². The molecule has 0 aliphatic heterocycles. The second-order valence-electron chi connectivity index (χ2n) is 14.3. The predicted octanol–water partition coefficient (Wildman–Crippen LogP) is 0.720. The Morgan fingerprint density at radius 2 is 1.37 bits per heavy atom. The average Bonchev–Trinajstić information content (AvgIpc) is 3.01. The molecule has 292 valence electrons. The predicted molar refractivity (Wildman–Crippen MR) is 208 cm³/mol. The summed E-state index contributed by atoms with van der Waals surface area (Å²) in [5.74, 6) is -2.88. The summed E-state index contributed by atoms with van der Waals surface area (Å²) in [5.41, 5.74) is 13.1. The SMILES string of the molecule is CN(CCCOc1cccc(/C=N/NC(=S)NNC(=O)CN(CCN(CC(=O)O)CC(=O)NNC(=S)NC(C)(C)C)CC(=O)O)c1)CCC(C)(C)C. The zero-order chi connectivity index (χ0) is 39.3. The van der Waals surface area contributed by atoms with Crippen molar-refractivity contribution >= 4 is 64.6 Å². The van der Waals surface area contributed by atoms with Gasteiger partial charge < -0.3 is 25.2 Å². The first kappa shape index (κ1) is 45.9. The highest BCUT2D eigenvalue weighted by Crippen LogP contribution is 2.18. The number of carboxylic acids is 2. The Labute approximate surface area is 317 Å². The Morgan fingerprint density at radius 1 is 0.808 bits per heavy atom. The fraction of sp³-hybridized carbons (Fsp3) is 0.606. The Hall–Kier alpha value is -4.17. The molecular formula is C33H56N10O7S2. The minimum atomic E-state index is -1.20. The molecule has 8 N–H and O–H groups in total. The van der Waals surface area contributed by atoms with E-state index < -0.39 is 36.8 Å². The zero-order valence-corrected chi connectivity index (χ0v) is 32.8. The van der Waals surface area contributed by atoms with Crippen LogP contribution in [0.4, 0.5) is 0 Å². The Morgan fingerprint density at radius 3 is 1.88 bits per heavy atom. The summed E-state index contributed by atoms with van der Waals surface area (Å²) in [6, 6.07) is 7.40. The Balaban J connectivity index is 2.54. The van der Waals surface area contributed by atoms with Gasteiger partial charge >= 0.3 is 11.9 Å². The highest BCUT2D eigenvalue weighted by molar-refractivity contribution is 7.80. The van der Waals surface area contributed by atoms with Crippen LogP contribution in [0.1, 0.15) is 59.9 Å². The van der Waals surface area contributed by atoms with Gasteiger partial charge in [0, 0.05) is 25.2 Å². The number of hydrogen-bond donors (Lipinski definition) is 8. The van der Waals surface area contributed by atoms with Gasteiger partial charge in [-0.15, -0.1) is 0 Å². The number of hydrazone groups is 1. The van der Waals surface area contributed by atoms with Crippen molar-refractivity contribution in [1.82, 2.24) is 47.1 Å². The van der Waals surface area contributed by atoms with Crippen LogP contribution in [0.2, 0.25) is 0 Å². The largest absolute Gasteiger partial charge is 0.494 e. The monoisotopic (exact) mass is 768 g/mol. The van der Waals surface area contributed by atoms with Crippen molar-refractivity contribution in [2.45, 2.75) is 59.9 Å². The van der Waals surface area contributed by atoms with Gasteiger partial charge in [-0.25, -0.2) is 0 Å². The number of ether oxygens (including phenoxy) is 1. The second-order valence-corrected chi connectivity index (χ2v) is 15.2. The fourth-order valence-corrected chi connectivity index (χ4v) is 4.71. The molecule has 17 nitrogen and oxygen atoms in total. The third-order valence-corrected chi connectivity index (χ3v) is 7.14. The van der Waals surface area contributed by atoms with Crippen LogP contribution in [0.3, 0.4) is 0 Å². The van der Waals surface area contributed by atoms with Gasteiger partial charge in [0.1, 0.15) is 5.75 Å². The smallest absolute Gasteiger partial charge is 0.317 e. The normalized spacial score (nSPS) is 11.7. The highest BCUT2D eigenvalue weighted by Gasteiger charge is 2.20. The summed E-state index contributed by atoms with van der Waals surface area (Å²) >= 11 is 10.3. The molecule has 0 saturated heterocycles. The Bertz CT molecular complexity index is 1370. The molecule has 0 heterocycles. The minimum absolute atomic E-state index is 0.0261. The van der Waals surface area contributed by atoms with E-state index in [2.05, 4.69) is 70.3 Å². The molecule has 0 aromatic heterocycles. The van der Waals surface area contributed by atoms with Crippen LogP contribution < -0.4 is 37.2 Å². The molecule has 0 bridgehead atoms. The number of hydrazine groups is 2. The molecule has 1 aromatic carbocycles. The van der Waals surface area contributed by atoms with Crippen molar-refractivity contribution in [1.29, 1.82) is 0 Å². The van der Waals surface area contributed by atoms with Crippen molar-refractivity contribution in [2.24, 2.45) is 10.5 Å². The number of hydrogen-bond acceptors (Lipinski definition) is 11. The lowest BCUT2D eigenvalue weighted by atomic mass is 9.92. The van der Waals surface area contributed by atoms with Crippen molar-refractivity contribution in [3.8, 4) is 5.75 Å². The summed E-state index contributed by atoms with van der Waals surface area (Å²) in [6.45, 7) is 13.1. The van der Waals surface area contributed by atoms with Gasteiger partial charge in [0.25, 0.3) is 11.8 Å². The van der Waals surface area contributed by atoms with E-state index in [1.807, 2.05) is 45.0 Å². The van der Waals surface area contributed by atoms with E-state index in [1.165, 1.54) is 16.0 Å². The first-order chi connectivity index (χ1) is 24.2. The molecule has 1 rings (SSSR count). The van der Waals surface area contributed by atoms with Gasteiger partial charge in [-0.1, -0.05) is 32.9 Å². The second kappa shape index (κ2) is 23.4. The maximum absolute atomic E-state index is 12.6. The van der Waals surface area contributed by atoms with Gasteiger partial charge in [-0.3, -0.25) is 56.1 Å². The lowest BCUT2D eigenvalue weighted by molar-refractivity contribution is -0.141. The van der Waals surface area contributed by atoms with Crippen molar-refractivity contribution < 1.29 is 34.1 Å². The van der Waals surface area contributed by atoms with E-state index in [9.17, 15) is 29.4 Å². The van der Waals surface area contributed by atoms with Gasteiger partial charge in [0.15, 0.2) is 5.11 Å². The topological polar surface area (TPSA) is 212 Å². The maximum Gasteiger partial charge on any atom is 0.317 e. The van der Waals surface area contributed by atoms with Crippen LogP contribution in [0.5, 0.6) is 5.75 Å². The average molecular weight is 769 g/mol. The summed E-state index contributed by atoms with van der Waals surface area (Å²) in [7, 11) is 2.12. The summed E-state index contributed by atoms with van der Waals surface area (Å²) in [4.78, 5) is 52.7. The van der Waals surface area contributed by atoms with Crippen LogP contribution in [0.15, 0.2) is 29.4 Å². The molecule has 0 unspecified atom stereocenters. The molecule has 52 heavy (non-hydrogen) atoms. The molecule has 2 amide bonds. The summed E-state index contributed by atoms with van der Waals surface area (Å²) < 4.78 is 5.89. The van der Waals surface area contributed by atoms with Crippen LogP contribution >= 0.6 is 24.4 Å². The molecular weight excluding hydrogens is 713 g/mol. The van der Waals surface area contributed by atoms with Crippen LogP contribution in [0.25, 0.3) is 0 Å². The third-order valence-electron chi connectivity index (χ3n) is 6.74. The number of nitrogens with zero attached hydrogens (tertiary/aromatic N) is 4. The Kier molecular flexibility index (Phi) is 20.6. The maximum atomic E-state index is 12.6. The molecule has 0 spiro atoms. The molecule has 0 saturated carbocycles. The van der Waals surface area contributed by atoms with Crippen molar-refractivity contribution in [3.63, 3.8) is 0 Å². The number of rotatable bonds is 20. The summed E-state index contributed by atoms with van der Waals surface area (Å²) in [5, 5.41) is 25.8. The molecule has 0 fully saturated rings. The molecule has 0 aliphatic rings. The number of benzene rings is 1. The van der Waals surface area contributed by atoms with E-state index in [4.69, 9.17) is 29.2 Å². The van der Waals surface area contributed by atoms with Gasteiger partial charge in [-0.2, -0.15) is 5.10 Å². The third kappa shape index (κ3) is 24.9. The zero-order valence-electron chi connectivity index (χ0n) is 31.2. The number of nitrogens with one attached hydrogen (secondary N) is 6. The van der Waals surface area contributed by atoms with E-state index >= 15 is 0 Å². The van der Waals surface area contributed by atoms with Gasteiger partial charge in [0.05, 0.1) is 39.0 Å². The van der Waals surface area contributed by atoms with Crippen LogP contribution in [-0.4, -0.2) is 137 Å². The molecule has 0 radical (unpaired) electrons. The fourth-order valence-electron chi connectivity index (χ4n) is 4.24. The van der Waals surface area contributed by atoms with Crippen molar-refractivity contribution in [3.05, 3.63) is 29.8 Å². The lowest BCUT2D eigenvalue weighted by Crippen LogP contribution is -2.54. The van der Waals surface area contributed by atoms with E-state index in [-0.39, 0.29) is 41.9 Å². The number of thiocarbonyl (C=S) groups is 2. The number of amides is 2. The molecule has 0 atom stereocenters. The standard InChI is InChI=1S/C33H56N10O7S2/c1-32(2,3)12-14-41(7)13-9-17-50-25-11-8-10-24(18-25)19-34-38-31(52)40-37-27(45)21-43(23-29(48)49)16-15-42(22-28(46)47)20-26(44)36-39-30(51)35-33(4,5)6/h8,10-11,18-19H,9,12-17,20-23H2,1-7H3,(H,36,44)(H,37,45)(H,46,47)(H,48,49)(H2,35,39,51)(H2,38,40,52)/b34-19+. The quantitative estimate of drug-likeness (QED) is 0.0398. The highest BCUT2D eigenvalue weighted by atomic mass is 32.1. The molecule has 1 aromatic rings. The van der Waals surface area contributed by atoms with Crippen LogP contribution in [0, 0.1) is 5.41 Å². The first-order valence-corrected chi connectivity index (χ1v) is 17.6. The molecule has 0 aliphatic carbocycles. The molecule has 19 heteroatoms. The van der Waals surface area contributed by atoms with Gasteiger partial charge in [-0.05, 0) is 94.8 Å². The van der Waals surface area contributed by atoms with E-state index in [0.717, 1.165) is 31.5 Å². The number of carbonyl (C=O) groups excluding carboxylic acids is 2.